The van der Waals surface area contributed by atoms with Gasteiger partial charge in [0.05, 0.1) is 24.1 Å². The Morgan fingerprint density at radius 1 is 1.31 bits per heavy atom. The highest BCUT2D eigenvalue weighted by Crippen LogP contribution is 2.38. The van der Waals surface area contributed by atoms with Crippen LogP contribution in [0.25, 0.3) is 0 Å². The molecule has 2 rings (SSSR count). The topological polar surface area (TPSA) is 27.7 Å². The van der Waals surface area contributed by atoms with E-state index in [4.69, 9.17) is 14.2 Å². The third-order valence-electron chi connectivity index (χ3n) is 3.14. The van der Waals surface area contributed by atoms with E-state index >= 15 is 0 Å². The molecule has 0 spiro atoms. The molecule has 3 heteroatoms. The summed E-state index contributed by atoms with van der Waals surface area (Å²) in [5.74, 6) is 0.656. The fourth-order valence-electron chi connectivity index (χ4n) is 2.53. The van der Waals surface area contributed by atoms with Crippen LogP contribution in [0.15, 0.2) is 11.8 Å². The quantitative estimate of drug-likeness (QED) is 0.740. The Morgan fingerprint density at radius 3 is 2.56 bits per heavy atom. The lowest BCUT2D eigenvalue weighted by molar-refractivity contribution is -0.157. The van der Waals surface area contributed by atoms with Gasteiger partial charge in [-0.1, -0.05) is 0 Å². The standard InChI is InChI=1S/C13H22O3/c1-12(2)11(15-13(3,4)16-12)8-7-10-6-5-9-14-10/h6,11H,5,7-9H2,1-4H3/t11-/m0/s1. The van der Waals surface area contributed by atoms with Crippen LogP contribution in [0.2, 0.25) is 0 Å². The van der Waals surface area contributed by atoms with Gasteiger partial charge in [-0.3, -0.25) is 0 Å². The SMILES string of the molecule is CC1(C)O[C@@H](CCC2=CCCO2)C(C)(C)O1. The molecule has 0 aromatic rings. The largest absolute Gasteiger partial charge is 0.498 e. The Kier molecular flexibility index (Phi) is 3.01. The van der Waals surface area contributed by atoms with Gasteiger partial charge < -0.3 is 14.2 Å². The molecule has 0 unspecified atom stereocenters. The highest BCUT2D eigenvalue weighted by atomic mass is 16.8. The zero-order valence-electron chi connectivity index (χ0n) is 10.7. The second-order valence-corrected chi connectivity index (χ2v) is 5.56. The van der Waals surface area contributed by atoms with E-state index in [9.17, 15) is 0 Å². The maximum Gasteiger partial charge on any atom is 0.164 e. The van der Waals surface area contributed by atoms with E-state index in [0.717, 1.165) is 31.6 Å². The highest BCUT2D eigenvalue weighted by Gasteiger charge is 2.46. The normalized spacial score (nSPS) is 31.2. The lowest BCUT2D eigenvalue weighted by Gasteiger charge is -2.23. The molecule has 0 saturated carbocycles. The van der Waals surface area contributed by atoms with Crippen LogP contribution < -0.4 is 0 Å². The van der Waals surface area contributed by atoms with Crippen molar-refractivity contribution in [1.82, 2.24) is 0 Å². The first-order valence-corrected chi connectivity index (χ1v) is 6.09. The van der Waals surface area contributed by atoms with E-state index in [0.29, 0.717) is 0 Å². The summed E-state index contributed by atoms with van der Waals surface area (Å²) in [7, 11) is 0. The van der Waals surface area contributed by atoms with Gasteiger partial charge >= 0.3 is 0 Å². The average molecular weight is 226 g/mol. The maximum absolute atomic E-state index is 5.92. The lowest BCUT2D eigenvalue weighted by atomic mass is 9.97. The van der Waals surface area contributed by atoms with Crippen LogP contribution in [0, 0.1) is 0 Å². The Hall–Kier alpha value is -0.540. The highest BCUT2D eigenvalue weighted by molar-refractivity contribution is 5.00. The van der Waals surface area contributed by atoms with Gasteiger partial charge in [-0.15, -0.1) is 0 Å². The number of hydrogen-bond donors (Lipinski definition) is 0. The van der Waals surface area contributed by atoms with Crippen LogP contribution in [0.5, 0.6) is 0 Å². The Labute approximate surface area is 97.8 Å². The molecular weight excluding hydrogens is 204 g/mol. The van der Waals surface area contributed by atoms with E-state index in [2.05, 4.69) is 19.9 Å². The molecule has 0 N–H and O–H groups in total. The van der Waals surface area contributed by atoms with Gasteiger partial charge in [-0.2, -0.15) is 0 Å². The molecule has 92 valence electrons. The maximum atomic E-state index is 5.92. The summed E-state index contributed by atoms with van der Waals surface area (Å²) in [6.45, 7) is 8.97. The summed E-state index contributed by atoms with van der Waals surface area (Å²) in [4.78, 5) is 0. The molecule has 1 saturated heterocycles. The molecule has 0 radical (unpaired) electrons. The van der Waals surface area contributed by atoms with Crippen LogP contribution in [-0.2, 0) is 14.2 Å². The molecule has 0 aliphatic carbocycles. The minimum atomic E-state index is -0.459. The van der Waals surface area contributed by atoms with Gasteiger partial charge in [-0.25, -0.2) is 0 Å². The van der Waals surface area contributed by atoms with Crippen molar-refractivity contribution in [3.63, 3.8) is 0 Å². The Balaban J connectivity index is 1.89. The second-order valence-electron chi connectivity index (χ2n) is 5.56. The molecule has 0 bridgehead atoms. The van der Waals surface area contributed by atoms with E-state index < -0.39 is 5.79 Å². The first kappa shape index (κ1) is 11.9. The molecule has 1 fully saturated rings. The Bertz CT molecular complexity index is 292. The van der Waals surface area contributed by atoms with Crippen LogP contribution in [0.3, 0.4) is 0 Å². The van der Waals surface area contributed by atoms with Gasteiger partial charge in [0, 0.05) is 12.8 Å². The molecule has 1 atom stereocenters. The predicted molar refractivity (Wildman–Crippen MR) is 62.0 cm³/mol. The zero-order valence-corrected chi connectivity index (χ0v) is 10.7. The number of ether oxygens (including phenoxy) is 3. The predicted octanol–water partition coefficient (Wildman–Crippen LogP) is 3.00. The summed E-state index contributed by atoms with van der Waals surface area (Å²) in [5, 5.41) is 0. The monoisotopic (exact) mass is 226 g/mol. The fraction of sp³-hybridized carbons (Fsp3) is 0.846. The van der Waals surface area contributed by atoms with Gasteiger partial charge in [0.1, 0.15) is 0 Å². The van der Waals surface area contributed by atoms with Crippen LogP contribution in [-0.4, -0.2) is 24.1 Å². The van der Waals surface area contributed by atoms with Crippen LogP contribution in [0.4, 0.5) is 0 Å². The molecule has 0 aromatic heterocycles. The van der Waals surface area contributed by atoms with Gasteiger partial charge in [0.15, 0.2) is 5.79 Å². The molecule has 0 amide bonds. The smallest absolute Gasteiger partial charge is 0.164 e. The third kappa shape index (κ3) is 2.58. The minimum Gasteiger partial charge on any atom is -0.498 e. The van der Waals surface area contributed by atoms with Crippen molar-refractivity contribution in [3.8, 4) is 0 Å². The summed E-state index contributed by atoms with van der Waals surface area (Å²) in [6, 6.07) is 0. The molecule has 0 aromatic carbocycles. The number of rotatable bonds is 3. The van der Waals surface area contributed by atoms with Crippen LogP contribution in [0.1, 0.15) is 47.0 Å². The summed E-state index contributed by atoms with van der Waals surface area (Å²) in [6.07, 6.45) is 5.28. The van der Waals surface area contributed by atoms with E-state index in [1.165, 1.54) is 0 Å². The second kappa shape index (κ2) is 4.04. The summed E-state index contributed by atoms with van der Waals surface area (Å²) >= 11 is 0. The van der Waals surface area contributed by atoms with Crippen molar-refractivity contribution in [2.45, 2.75) is 64.4 Å². The molecule has 3 nitrogen and oxygen atoms in total. The average Bonchev–Trinajstić information content (AvgIpc) is 2.67. The number of hydrogen-bond acceptors (Lipinski definition) is 3. The van der Waals surface area contributed by atoms with Gasteiger partial charge in [-0.05, 0) is 40.2 Å². The third-order valence-corrected chi connectivity index (χ3v) is 3.14. The first-order valence-electron chi connectivity index (χ1n) is 6.09. The van der Waals surface area contributed by atoms with E-state index in [1.807, 2.05) is 13.8 Å². The van der Waals surface area contributed by atoms with Crippen molar-refractivity contribution >= 4 is 0 Å². The first-order chi connectivity index (χ1) is 7.39. The van der Waals surface area contributed by atoms with E-state index in [-0.39, 0.29) is 11.7 Å². The molecule has 2 heterocycles. The molecular formula is C13H22O3. The van der Waals surface area contributed by atoms with Gasteiger partial charge in [0.25, 0.3) is 0 Å². The molecule has 16 heavy (non-hydrogen) atoms. The molecule has 2 aliphatic heterocycles. The fourth-order valence-corrected chi connectivity index (χ4v) is 2.53. The summed E-state index contributed by atoms with van der Waals surface area (Å²) < 4.78 is 17.3. The van der Waals surface area contributed by atoms with Crippen molar-refractivity contribution in [2.24, 2.45) is 0 Å². The summed E-state index contributed by atoms with van der Waals surface area (Å²) in [5.41, 5.74) is -0.206. The number of allylic oxidation sites excluding steroid dienone is 1. The zero-order chi connectivity index (χ0) is 11.8. The van der Waals surface area contributed by atoms with Gasteiger partial charge in [0.2, 0.25) is 0 Å². The molecule has 2 aliphatic rings. The lowest BCUT2D eigenvalue weighted by Crippen LogP contribution is -2.33. The van der Waals surface area contributed by atoms with Crippen molar-refractivity contribution in [3.05, 3.63) is 11.8 Å². The van der Waals surface area contributed by atoms with Crippen LogP contribution >= 0.6 is 0 Å². The van der Waals surface area contributed by atoms with Crippen molar-refractivity contribution in [2.75, 3.05) is 6.61 Å². The van der Waals surface area contributed by atoms with Crippen molar-refractivity contribution in [1.29, 1.82) is 0 Å². The minimum absolute atomic E-state index is 0.146. The Morgan fingerprint density at radius 2 is 2.06 bits per heavy atom. The van der Waals surface area contributed by atoms with Crippen molar-refractivity contribution < 1.29 is 14.2 Å². The van der Waals surface area contributed by atoms with E-state index in [1.54, 1.807) is 0 Å².